The lowest BCUT2D eigenvalue weighted by Crippen LogP contribution is -2.37. The van der Waals surface area contributed by atoms with Gasteiger partial charge in [0.15, 0.2) is 5.13 Å². The smallest absolute Gasteiger partial charge is 0.315 e. The van der Waals surface area contributed by atoms with Crippen molar-refractivity contribution >= 4 is 33.8 Å². The van der Waals surface area contributed by atoms with Crippen LogP contribution in [0.2, 0.25) is 0 Å². The quantitative estimate of drug-likeness (QED) is 0.756. The van der Waals surface area contributed by atoms with Crippen molar-refractivity contribution < 1.29 is 9.90 Å². The molecule has 114 valence electrons. The van der Waals surface area contributed by atoms with Crippen LogP contribution in [-0.4, -0.2) is 36.8 Å². The molecular formula is C13H18N4O2S2. The van der Waals surface area contributed by atoms with Crippen LogP contribution in [0.15, 0.2) is 22.2 Å². The van der Waals surface area contributed by atoms with Gasteiger partial charge in [-0.3, -0.25) is 0 Å². The number of rotatable bonds is 6. The summed E-state index contributed by atoms with van der Waals surface area (Å²) in [7, 11) is 3.85. The van der Waals surface area contributed by atoms with Crippen molar-refractivity contribution in [3.8, 4) is 0 Å². The van der Waals surface area contributed by atoms with E-state index in [0.717, 1.165) is 16.4 Å². The van der Waals surface area contributed by atoms with E-state index in [9.17, 15) is 9.90 Å². The zero-order valence-electron chi connectivity index (χ0n) is 11.9. The maximum atomic E-state index is 11.7. The second-order valence-corrected chi connectivity index (χ2v) is 6.27. The number of carbonyl (C=O) groups excluding carboxylic acids is 1. The fraction of sp³-hybridized carbons (Fsp3) is 0.385. The monoisotopic (exact) mass is 326 g/mol. The van der Waals surface area contributed by atoms with E-state index in [0.29, 0.717) is 6.54 Å². The van der Waals surface area contributed by atoms with Crippen LogP contribution in [0.3, 0.4) is 0 Å². The SMILES string of the molecule is CN(C)c1nc(CNC(=O)NCC(O)c2ccsc2)cs1. The fourth-order valence-electron chi connectivity index (χ4n) is 1.59. The molecule has 0 radical (unpaired) electrons. The number of aromatic nitrogens is 1. The first-order valence-corrected chi connectivity index (χ1v) is 8.22. The zero-order chi connectivity index (χ0) is 15.2. The maximum absolute atomic E-state index is 11.7. The Morgan fingerprint density at radius 1 is 1.43 bits per heavy atom. The highest BCUT2D eigenvalue weighted by molar-refractivity contribution is 7.13. The van der Waals surface area contributed by atoms with Crippen LogP contribution in [0, 0.1) is 0 Å². The predicted octanol–water partition coefficient (Wildman–Crippen LogP) is 1.80. The average Bonchev–Trinajstić information content (AvgIpc) is 3.13. The Hall–Kier alpha value is -1.64. The molecule has 0 spiro atoms. The third-order valence-corrected chi connectivity index (χ3v) is 4.49. The van der Waals surface area contributed by atoms with Gasteiger partial charge in [0.2, 0.25) is 0 Å². The number of hydrogen-bond donors (Lipinski definition) is 3. The van der Waals surface area contributed by atoms with Gasteiger partial charge in [-0.15, -0.1) is 11.3 Å². The molecule has 0 fully saturated rings. The second-order valence-electron chi connectivity index (χ2n) is 4.65. The Kier molecular flexibility index (Phi) is 5.54. The van der Waals surface area contributed by atoms with Crippen molar-refractivity contribution in [2.24, 2.45) is 0 Å². The van der Waals surface area contributed by atoms with Crippen molar-refractivity contribution in [3.63, 3.8) is 0 Å². The summed E-state index contributed by atoms with van der Waals surface area (Å²) in [6.07, 6.45) is -0.679. The van der Waals surface area contributed by atoms with Crippen molar-refractivity contribution in [3.05, 3.63) is 33.5 Å². The Bertz CT molecular complexity index is 568. The van der Waals surface area contributed by atoms with Gasteiger partial charge in [0, 0.05) is 26.0 Å². The number of nitrogens with zero attached hydrogens (tertiary/aromatic N) is 2. The molecule has 0 saturated heterocycles. The van der Waals surface area contributed by atoms with Gasteiger partial charge in [0.25, 0.3) is 0 Å². The lowest BCUT2D eigenvalue weighted by atomic mass is 10.2. The number of anilines is 1. The summed E-state index contributed by atoms with van der Waals surface area (Å²) in [6, 6.07) is 1.52. The van der Waals surface area contributed by atoms with E-state index in [2.05, 4.69) is 15.6 Å². The summed E-state index contributed by atoms with van der Waals surface area (Å²) >= 11 is 3.04. The number of hydrogen-bond acceptors (Lipinski definition) is 6. The highest BCUT2D eigenvalue weighted by Crippen LogP contribution is 2.17. The first-order chi connectivity index (χ1) is 10.1. The number of carbonyl (C=O) groups is 1. The minimum Gasteiger partial charge on any atom is -0.387 e. The lowest BCUT2D eigenvalue weighted by molar-refractivity contribution is 0.173. The van der Waals surface area contributed by atoms with Gasteiger partial charge in [-0.25, -0.2) is 9.78 Å². The summed E-state index contributed by atoms with van der Waals surface area (Å²) in [6.45, 7) is 0.549. The normalized spacial score (nSPS) is 12.0. The molecule has 0 aliphatic heterocycles. The Balaban J connectivity index is 1.72. The summed E-state index contributed by atoms with van der Waals surface area (Å²) in [5.74, 6) is 0. The van der Waals surface area contributed by atoms with E-state index in [1.54, 1.807) is 0 Å². The maximum Gasteiger partial charge on any atom is 0.315 e. The van der Waals surface area contributed by atoms with Gasteiger partial charge in [0.1, 0.15) is 0 Å². The number of thiophene rings is 1. The highest BCUT2D eigenvalue weighted by Gasteiger charge is 2.10. The predicted molar refractivity (Wildman–Crippen MR) is 86.0 cm³/mol. The number of urea groups is 1. The first-order valence-electron chi connectivity index (χ1n) is 6.40. The standard InChI is InChI=1S/C13H18N4O2S2/c1-17(2)13-16-10(8-21-13)5-14-12(19)15-6-11(18)9-3-4-20-7-9/h3-4,7-8,11,18H,5-6H2,1-2H3,(H2,14,15,19). The van der Waals surface area contributed by atoms with Crippen molar-refractivity contribution in [2.75, 3.05) is 25.5 Å². The van der Waals surface area contributed by atoms with Gasteiger partial charge < -0.3 is 20.6 Å². The number of nitrogens with one attached hydrogen (secondary N) is 2. The molecule has 1 atom stereocenters. The largest absolute Gasteiger partial charge is 0.387 e. The highest BCUT2D eigenvalue weighted by atomic mass is 32.1. The van der Waals surface area contributed by atoms with E-state index in [-0.39, 0.29) is 12.6 Å². The molecule has 21 heavy (non-hydrogen) atoms. The summed E-state index contributed by atoms with van der Waals surface area (Å²) in [5, 5.41) is 21.8. The molecule has 0 saturated carbocycles. The molecule has 2 aromatic rings. The fourth-order valence-corrected chi connectivity index (χ4v) is 3.05. The molecule has 6 nitrogen and oxygen atoms in total. The van der Waals surface area contributed by atoms with Gasteiger partial charge in [-0.2, -0.15) is 11.3 Å². The van der Waals surface area contributed by atoms with E-state index < -0.39 is 6.10 Å². The molecule has 0 aliphatic carbocycles. The van der Waals surface area contributed by atoms with E-state index in [1.165, 1.54) is 22.7 Å². The number of aliphatic hydroxyl groups excluding tert-OH is 1. The van der Waals surface area contributed by atoms with Crippen LogP contribution in [0.4, 0.5) is 9.93 Å². The topological polar surface area (TPSA) is 77.5 Å². The lowest BCUT2D eigenvalue weighted by Gasteiger charge is -2.11. The van der Waals surface area contributed by atoms with Crippen molar-refractivity contribution in [1.82, 2.24) is 15.6 Å². The van der Waals surface area contributed by atoms with E-state index in [1.807, 2.05) is 41.2 Å². The van der Waals surface area contributed by atoms with Crippen molar-refractivity contribution in [1.29, 1.82) is 0 Å². The molecular weight excluding hydrogens is 308 g/mol. The van der Waals surface area contributed by atoms with Gasteiger partial charge in [0.05, 0.1) is 18.3 Å². The molecule has 8 heteroatoms. The van der Waals surface area contributed by atoms with Crippen LogP contribution in [0.25, 0.3) is 0 Å². The minimum atomic E-state index is -0.679. The average molecular weight is 326 g/mol. The molecule has 0 bridgehead atoms. The van der Waals surface area contributed by atoms with Crippen molar-refractivity contribution in [2.45, 2.75) is 12.6 Å². The van der Waals surface area contributed by atoms with Crippen LogP contribution in [0.5, 0.6) is 0 Å². The molecule has 0 aliphatic rings. The first kappa shape index (κ1) is 15.7. The summed E-state index contributed by atoms with van der Waals surface area (Å²) in [4.78, 5) is 18.0. The molecule has 3 N–H and O–H groups in total. The second kappa shape index (κ2) is 7.39. The zero-order valence-corrected chi connectivity index (χ0v) is 13.5. The molecule has 0 aromatic carbocycles. The van der Waals surface area contributed by atoms with Gasteiger partial charge >= 0.3 is 6.03 Å². The number of aliphatic hydroxyl groups is 1. The third kappa shape index (κ3) is 4.69. The van der Waals surface area contributed by atoms with E-state index in [4.69, 9.17) is 0 Å². The molecule has 2 aromatic heterocycles. The summed E-state index contributed by atoms with van der Waals surface area (Å²) < 4.78 is 0. The minimum absolute atomic E-state index is 0.183. The number of thiazole rings is 1. The Morgan fingerprint density at radius 3 is 2.86 bits per heavy atom. The molecule has 1 unspecified atom stereocenters. The van der Waals surface area contributed by atoms with Crippen LogP contribution in [-0.2, 0) is 6.54 Å². The van der Waals surface area contributed by atoms with Crippen LogP contribution >= 0.6 is 22.7 Å². The van der Waals surface area contributed by atoms with Crippen LogP contribution in [0.1, 0.15) is 17.4 Å². The number of amides is 2. The van der Waals surface area contributed by atoms with Gasteiger partial charge in [-0.1, -0.05) is 0 Å². The molecule has 2 heterocycles. The Morgan fingerprint density at radius 2 is 2.24 bits per heavy atom. The van der Waals surface area contributed by atoms with Gasteiger partial charge in [-0.05, 0) is 22.4 Å². The molecule has 2 rings (SSSR count). The molecule has 2 amide bonds. The van der Waals surface area contributed by atoms with Crippen LogP contribution < -0.4 is 15.5 Å². The Labute approximate surface area is 131 Å². The third-order valence-electron chi connectivity index (χ3n) is 2.74. The van der Waals surface area contributed by atoms with E-state index >= 15 is 0 Å². The summed E-state index contributed by atoms with van der Waals surface area (Å²) in [5.41, 5.74) is 1.63.